The number of hydrogen-bond acceptors (Lipinski definition) is 1. The molecule has 3 heteroatoms. The topological polar surface area (TPSA) is 29.1 Å². The van der Waals surface area contributed by atoms with Gasteiger partial charge in [-0.15, -0.1) is 0 Å². The van der Waals surface area contributed by atoms with Crippen LogP contribution in [-0.2, 0) is 5.33 Å². The second-order valence-corrected chi connectivity index (χ2v) is 5.07. The zero-order valence-electron chi connectivity index (χ0n) is 9.37. The third-order valence-electron chi connectivity index (χ3n) is 3.17. The smallest absolute Gasteiger partial charge is 0.251 e. The molecule has 1 saturated carbocycles. The summed E-state index contributed by atoms with van der Waals surface area (Å²) in [5, 5.41) is 3.81. The third-order valence-corrected chi connectivity index (χ3v) is 3.82. The molecule has 0 spiro atoms. The summed E-state index contributed by atoms with van der Waals surface area (Å²) in [6.07, 6.45) is 1.25. The predicted molar refractivity (Wildman–Crippen MR) is 68.7 cm³/mol. The lowest BCUT2D eigenvalue weighted by atomic mass is 10.1. The van der Waals surface area contributed by atoms with Crippen LogP contribution in [0.2, 0.25) is 0 Å². The van der Waals surface area contributed by atoms with E-state index >= 15 is 0 Å². The maximum Gasteiger partial charge on any atom is 0.251 e. The van der Waals surface area contributed by atoms with Gasteiger partial charge < -0.3 is 5.32 Å². The summed E-state index contributed by atoms with van der Waals surface area (Å²) in [6.45, 7) is 3.04. The molecule has 0 radical (unpaired) electrons. The number of carbonyl (C=O) groups is 1. The minimum atomic E-state index is 0.0419. The van der Waals surface area contributed by atoms with E-state index in [-0.39, 0.29) is 5.91 Å². The number of halogens is 1. The molecule has 1 amide bonds. The lowest BCUT2D eigenvalue weighted by Gasteiger charge is -2.04. The van der Waals surface area contributed by atoms with Gasteiger partial charge in [-0.3, -0.25) is 4.79 Å². The molecule has 2 rings (SSSR count). The average molecular weight is 282 g/mol. The van der Waals surface area contributed by atoms with Crippen molar-refractivity contribution < 1.29 is 4.79 Å². The van der Waals surface area contributed by atoms with Gasteiger partial charge in [-0.1, -0.05) is 35.0 Å². The van der Waals surface area contributed by atoms with E-state index in [0.717, 1.165) is 23.4 Å². The van der Waals surface area contributed by atoms with Gasteiger partial charge >= 0.3 is 0 Å². The van der Waals surface area contributed by atoms with Gasteiger partial charge in [0.25, 0.3) is 5.91 Å². The normalized spacial score (nSPS) is 22.9. The summed E-state index contributed by atoms with van der Waals surface area (Å²) < 4.78 is 0. The minimum Gasteiger partial charge on any atom is -0.352 e. The fourth-order valence-electron chi connectivity index (χ4n) is 1.75. The molecule has 1 N–H and O–H groups in total. The third kappa shape index (κ3) is 2.85. The van der Waals surface area contributed by atoms with Gasteiger partial charge in [-0.25, -0.2) is 0 Å². The highest BCUT2D eigenvalue weighted by atomic mass is 79.9. The van der Waals surface area contributed by atoms with Gasteiger partial charge in [-0.05, 0) is 36.0 Å². The highest BCUT2D eigenvalue weighted by Crippen LogP contribution is 2.36. The summed E-state index contributed by atoms with van der Waals surface area (Å²) in [6, 6.07) is 7.71. The number of carbonyl (C=O) groups excluding carboxylic acids is 1. The summed E-state index contributed by atoms with van der Waals surface area (Å²) in [7, 11) is 0. The van der Waals surface area contributed by atoms with Crippen LogP contribution in [-0.4, -0.2) is 12.5 Å². The first-order valence-corrected chi connectivity index (χ1v) is 6.76. The van der Waals surface area contributed by atoms with Crippen LogP contribution in [0.5, 0.6) is 0 Å². The Kier molecular flexibility index (Phi) is 3.64. The number of rotatable bonds is 4. The van der Waals surface area contributed by atoms with E-state index in [1.807, 2.05) is 24.3 Å². The fraction of sp³-hybridized carbons (Fsp3) is 0.462. The number of nitrogens with one attached hydrogen (secondary N) is 1. The van der Waals surface area contributed by atoms with Crippen molar-refractivity contribution in [3.63, 3.8) is 0 Å². The molecule has 1 aromatic rings. The van der Waals surface area contributed by atoms with Crippen LogP contribution >= 0.6 is 15.9 Å². The van der Waals surface area contributed by atoms with Crippen molar-refractivity contribution in [2.45, 2.75) is 18.7 Å². The van der Waals surface area contributed by atoms with Crippen molar-refractivity contribution in [1.82, 2.24) is 5.32 Å². The van der Waals surface area contributed by atoms with E-state index < -0.39 is 0 Å². The van der Waals surface area contributed by atoms with Crippen molar-refractivity contribution in [3.8, 4) is 0 Å². The Labute approximate surface area is 105 Å². The Hall–Kier alpha value is -0.830. The van der Waals surface area contributed by atoms with Crippen molar-refractivity contribution in [1.29, 1.82) is 0 Å². The maximum absolute atomic E-state index is 11.8. The van der Waals surface area contributed by atoms with Gasteiger partial charge in [0.05, 0.1) is 0 Å². The second-order valence-electron chi connectivity index (χ2n) is 4.51. The summed E-state index contributed by atoms with van der Waals surface area (Å²) in [5.74, 6) is 1.53. The summed E-state index contributed by atoms with van der Waals surface area (Å²) in [5.41, 5.74) is 1.94. The molecule has 2 nitrogen and oxygen atoms in total. The molecule has 0 heterocycles. The Morgan fingerprint density at radius 3 is 2.56 bits per heavy atom. The average Bonchev–Trinajstić information content (AvgIpc) is 3.02. The SMILES string of the molecule is CC1CC1CNC(=O)c1ccc(CBr)cc1. The molecular formula is C13H16BrNO. The first-order valence-electron chi connectivity index (χ1n) is 5.64. The van der Waals surface area contributed by atoms with Gasteiger partial charge in [0.2, 0.25) is 0 Å². The monoisotopic (exact) mass is 281 g/mol. The lowest BCUT2D eigenvalue weighted by Crippen LogP contribution is -2.25. The Balaban J connectivity index is 1.87. The number of amides is 1. The number of alkyl halides is 1. The molecule has 0 aromatic heterocycles. The Morgan fingerprint density at radius 2 is 2.06 bits per heavy atom. The quantitative estimate of drug-likeness (QED) is 0.845. The van der Waals surface area contributed by atoms with Crippen LogP contribution in [0.4, 0.5) is 0 Å². The van der Waals surface area contributed by atoms with Crippen LogP contribution in [0.15, 0.2) is 24.3 Å². The van der Waals surface area contributed by atoms with Gasteiger partial charge in [0.15, 0.2) is 0 Å². The van der Waals surface area contributed by atoms with Crippen LogP contribution in [0.3, 0.4) is 0 Å². The molecule has 0 saturated heterocycles. The van der Waals surface area contributed by atoms with Gasteiger partial charge in [-0.2, -0.15) is 0 Å². The molecule has 1 aromatic carbocycles. The van der Waals surface area contributed by atoms with Crippen LogP contribution < -0.4 is 5.32 Å². The fourth-order valence-corrected chi connectivity index (χ4v) is 2.13. The van der Waals surface area contributed by atoms with Crippen molar-refractivity contribution in [3.05, 3.63) is 35.4 Å². The highest BCUT2D eigenvalue weighted by molar-refractivity contribution is 9.08. The summed E-state index contributed by atoms with van der Waals surface area (Å²) >= 11 is 3.38. The van der Waals surface area contributed by atoms with Gasteiger partial charge in [0.1, 0.15) is 0 Å². The van der Waals surface area contributed by atoms with Crippen molar-refractivity contribution in [2.75, 3.05) is 6.54 Å². The lowest BCUT2D eigenvalue weighted by molar-refractivity contribution is 0.0951. The molecule has 1 aliphatic carbocycles. The van der Waals surface area contributed by atoms with Crippen molar-refractivity contribution in [2.24, 2.45) is 11.8 Å². The van der Waals surface area contributed by atoms with E-state index in [0.29, 0.717) is 5.92 Å². The zero-order chi connectivity index (χ0) is 11.5. The number of hydrogen-bond donors (Lipinski definition) is 1. The Morgan fingerprint density at radius 1 is 1.44 bits per heavy atom. The molecule has 1 fully saturated rings. The first-order chi connectivity index (χ1) is 7.70. The molecular weight excluding hydrogens is 266 g/mol. The molecule has 16 heavy (non-hydrogen) atoms. The zero-order valence-corrected chi connectivity index (χ0v) is 11.0. The van der Waals surface area contributed by atoms with Crippen LogP contribution in [0.1, 0.15) is 29.3 Å². The maximum atomic E-state index is 11.8. The number of benzene rings is 1. The van der Waals surface area contributed by atoms with E-state index in [2.05, 4.69) is 28.2 Å². The van der Waals surface area contributed by atoms with Gasteiger partial charge in [0, 0.05) is 17.4 Å². The van der Waals surface area contributed by atoms with Crippen LogP contribution in [0.25, 0.3) is 0 Å². The summed E-state index contributed by atoms with van der Waals surface area (Å²) in [4.78, 5) is 11.8. The second kappa shape index (κ2) is 5.00. The molecule has 86 valence electrons. The largest absolute Gasteiger partial charge is 0.352 e. The molecule has 0 aliphatic heterocycles. The minimum absolute atomic E-state index is 0.0419. The molecule has 2 atom stereocenters. The highest BCUT2D eigenvalue weighted by Gasteiger charge is 2.32. The predicted octanol–water partition coefficient (Wildman–Crippen LogP) is 2.97. The first kappa shape index (κ1) is 11.6. The van der Waals surface area contributed by atoms with Crippen molar-refractivity contribution >= 4 is 21.8 Å². The molecule has 1 aliphatic rings. The van der Waals surface area contributed by atoms with E-state index in [1.54, 1.807) is 0 Å². The van der Waals surface area contributed by atoms with E-state index in [4.69, 9.17) is 0 Å². The standard InChI is InChI=1S/C13H16BrNO/c1-9-6-12(9)8-15-13(16)11-4-2-10(7-14)3-5-11/h2-5,9,12H,6-8H2,1H3,(H,15,16). The molecule has 0 bridgehead atoms. The van der Waals surface area contributed by atoms with E-state index in [1.165, 1.54) is 12.0 Å². The Bertz CT molecular complexity index is 374. The molecule has 2 unspecified atom stereocenters. The van der Waals surface area contributed by atoms with E-state index in [9.17, 15) is 4.79 Å². The van der Waals surface area contributed by atoms with Crippen LogP contribution in [0, 0.1) is 11.8 Å².